The maximum Gasteiger partial charge on any atom is 0.417 e. The van der Waals surface area contributed by atoms with Crippen molar-refractivity contribution in [2.45, 2.75) is 23.9 Å². The first-order chi connectivity index (χ1) is 13.6. The van der Waals surface area contributed by atoms with Crippen LogP contribution >= 0.6 is 0 Å². The minimum atomic E-state index is -4.87. The van der Waals surface area contributed by atoms with E-state index in [-0.39, 0.29) is 17.0 Å². The van der Waals surface area contributed by atoms with Crippen LogP contribution in [0.4, 0.5) is 13.2 Å². The first-order valence-electron chi connectivity index (χ1n) is 8.60. The molecule has 0 bridgehead atoms. The summed E-state index contributed by atoms with van der Waals surface area (Å²) in [4.78, 5) is -0.867. The highest BCUT2D eigenvalue weighted by Gasteiger charge is 2.39. The fourth-order valence-corrected chi connectivity index (χ4v) is 4.25. The Hall–Kier alpha value is -2.79. The van der Waals surface area contributed by atoms with Gasteiger partial charge in [0, 0.05) is 11.8 Å². The number of aromatic nitrogens is 4. The van der Waals surface area contributed by atoms with Crippen LogP contribution in [0.1, 0.15) is 17.5 Å². The summed E-state index contributed by atoms with van der Waals surface area (Å²) in [5.41, 5.74) is 5.83. The third-order valence-electron chi connectivity index (χ3n) is 4.35. The van der Waals surface area contributed by atoms with Crippen molar-refractivity contribution < 1.29 is 21.6 Å². The number of tetrazole rings is 1. The third kappa shape index (κ3) is 4.46. The number of halogens is 3. The van der Waals surface area contributed by atoms with E-state index in [1.807, 2.05) is 12.1 Å². The first-order valence-corrected chi connectivity index (χ1v) is 10.5. The molecule has 0 atom stereocenters. The second kappa shape index (κ2) is 7.91. The number of nitrogens with zero attached hydrogens (tertiary/aromatic N) is 3. The molecule has 7 nitrogen and oxygen atoms in total. The van der Waals surface area contributed by atoms with E-state index in [0.717, 1.165) is 30.7 Å². The van der Waals surface area contributed by atoms with Crippen LogP contribution in [0.3, 0.4) is 0 Å². The maximum atomic E-state index is 13.6. The molecule has 0 saturated carbocycles. The standard InChI is InChI=1S/C18H18F3N5O2S/c1-29(27,28)16-14(18(19,20)21)9-8-13(15(16)17-23-25-26-24-17)12-6-4-11(5-7-12)3-2-10-22/h4-9H,2-3,10,22H2,1H3,(H,23,24,25,26). The molecule has 3 N–H and O–H groups in total. The Morgan fingerprint density at radius 3 is 2.31 bits per heavy atom. The molecule has 0 radical (unpaired) electrons. The highest BCUT2D eigenvalue weighted by molar-refractivity contribution is 7.91. The number of nitrogens with two attached hydrogens (primary N) is 1. The Kier molecular flexibility index (Phi) is 5.71. The van der Waals surface area contributed by atoms with Crippen molar-refractivity contribution in [3.8, 4) is 22.5 Å². The normalized spacial score (nSPS) is 12.3. The van der Waals surface area contributed by atoms with Crippen LogP contribution in [0.15, 0.2) is 41.3 Å². The fraction of sp³-hybridized carbons (Fsp3) is 0.278. The number of aryl methyl sites for hydroxylation is 1. The zero-order valence-electron chi connectivity index (χ0n) is 15.4. The third-order valence-corrected chi connectivity index (χ3v) is 5.52. The van der Waals surface area contributed by atoms with Gasteiger partial charge in [-0.15, -0.1) is 5.10 Å². The van der Waals surface area contributed by atoms with Gasteiger partial charge < -0.3 is 5.73 Å². The molecule has 0 aliphatic rings. The lowest BCUT2D eigenvalue weighted by Crippen LogP contribution is -2.15. The average Bonchev–Trinajstić information content (AvgIpc) is 3.18. The highest BCUT2D eigenvalue weighted by Crippen LogP contribution is 2.43. The molecule has 0 amide bonds. The molecular formula is C18H18F3N5O2S. The molecule has 1 heterocycles. The van der Waals surface area contributed by atoms with Gasteiger partial charge in [-0.3, -0.25) is 0 Å². The molecular weight excluding hydrogens is 407 g/mol. The van der Waals surface area contributed by atoms with Gasteiger partial charge in [-0.1, -0.05) is 30.3 Å². The second-order valence-corrected chi connectivity index (χ2v) is 8.43. The van der Waals surface area contributed by atoms with Gasteiger partial charge in [-0.05, 0) is 52.6 Å². The number of H-pyrrole nitrogens is 1. The van der Waals surface area contributed by atoms with Crippen molar-refractivity contribution in [2.24, 2.45) is 5.73 Å². The van der Waals surface area contributed by atoms with Crippen molar-refractivity contribution >= 4 is 9.84 Å². The van der Waals surface area contributed by atoms with Crippen LogP contribution in [0.2, 0.25) is 0 Å². The lowest BCUT2D eigenvalue weighted by atomic mass is 9.95. The quantitative estimate of drug-likeness (QED) is 0.628. The van der Waals surface area contributed by atoms with Gasteiger partial charge in [-0.2, -0.15) is 13.2 Å². The molecule has 0 aliphatic heterocycles. The molecule has 3 aromatic rings. The summed E-state index contributed by atoms with van der Waals surface area (Å²) >= 11 is 0. The molecule has 0 spiro atoms. The van der Waals surface area contributed by atoms with E-state index in [2.05, 4.69) is 20.6 Å². The Balaban J connectivity index is 2.28. The summed E-state index contributed by atoms with van der Waals surface area (Å²) in [6.45, 7) is 0.543. The van der Waals surface area contributed by atoms with Gasteiger partial charge in [0.2, 0.25) is 0 Å². The number of rotatable bonds is 6. The van der Waals surface area contributed by atoms with Crippen molar-refractivity contribution in [3.63, 3.8) is 0 Å². The summed E-state index contributed by atoms with van der Waals surface area (Å²) in [5, 5.41) is 12.8. The summed E-state index contributed by atoms with van der Waals surface area (Å²) in [5.74, 6) is -0.168. The molecule has 2 aromatic carbocycles. The van der Waals surface area contributed by atoms with E-state index in [1.165, 1.54) is 6.07 Å². The van der Waals surface area contributed by atoms with Crippen molar-refractivity contribution in [1.29, 1.82) is 0 Å². The van der Waals surface area contributed by atoms with E-state index in [1.54, 1.807) is 12.1 Å². The van der Waals surface area contributed by atoms with Crippen LogP contribution in [0.5, 0.6) is 0 Å². The van der Waals surface area contributed by atoms with Crippen LogP contribution in [0, 0.1) is 0 Å². The molecule has 154 valence electrons. The fourth-order valence-electron chi connectivity index (χ4n) is 3.09. The van der Waals surface area contributed by atoms with E-state index in [9.17, 15) is 21.6 Å². The molecule has 11 heteroatoms. The van der Waals surface area contributed by atoms with E-state index in [4.69, 9.17) is 5.73 Å². The number of sulfone groups is 1. The van der Waals surface area contributed by atoms with Gasteiger partial charge >= 0.3 is 6.18 Å². The topological polar surface area (TPSA) is 115 Å². The number of alkyl halides is 3. The molecule has 29 heavy (non-hydrogen) atoms. The van der Waals surface area contributed by atoms with Gasteiger partial charge in [0.15, 0.2) is 15.7 Å². The predicted octanol–water partition coefficient (Wildman–Crippen LogP) is 2.85. The molecule has 1 aromatic heterocycles. The van der Waals surface area contributed by atoms with E-state index in [0.29, 0.717) is 12.1 Å². The van der Waals surface area contributed by atoms with Gasteiger partial charge in [0.1, 0.15) is 0 Å². The summed E-state index contributed by atoms with van der Waals surface area (Å²) in [6.07, 6.45) is -2.58. The summed E-state index contributed by atoms with van der Waals surface area (Å²) in [7, 11) is -4.27. The molecule has 3 rings (SSSR count). The van der Waals surface area contributed by atoms with E-state index >= 15 is 0 Å². The summed E-state index contributed by atoms with van der Waals surface area (Å²) < 4.78 is 65.5. The van der Waals surface area contributed by atoms with Crippen LogP contribution in [-0.4, -0.2) is 41.8 Å². The van der Waals surface area contributed by atoms with Crippen molar-refractivity contribution in [1.82, 2.24) is 20.6 Å². The molecule has 0 unspecified atom stereocenters. The zero-order chi connectivity index (χ0) is 21.2. The number of hydrogen-bond donors (Lipinski definition) is 2. The number of aromatic amines is 1. The average molecular weight is 425 g/mol. The van der Waals surface area contributed by atoms with Crippen molar-refractivity contribution in [2.75, 3.05) is 12.8 Å². The first kappa shape index (κ1) is 20.9. The highest BCUT2D eigenvalue weighted by atomic mass is 32.2. The smallest absolute Gasteiger partial charge is 0.330 e. The Bertz CT molecular complexity index is 1100. The Morgan fingerprint density at radius 1 is 1.10 bits per heavy atom. The van der Waals surface area contributed by atoms with Crippen LogP contribution < -0.4 is 5.73 Å². The van der Waals surface area contributed by atoms with Crippen molar-refractivity contribution in [3.05, 3.63) is 47.5 Å². The monoisotopic (exact) mass is 425 g/mol. The minimum absolute atomic E-state index is 0.168. The second-order valence-electron chi connectivity index (χ2n) is 6.47. The zero-order valence-corrected chi connectivity index (χ0v) is 16.2. The Morgan fingerprint density at radius 2 is 1.79 bits per heavy atom. The number of nitrogens with one attached hydrogen (secondary N) is 1. The SMILES string of the molecule is CS(=O)(=O)c1c(C(F)(F)F)ccc(-c2ccc(CCCN)cc2)c1-c1nnn[nH]1. The van der Waals surface area contributed by atoms with E-state index < -0.39 is 26.5 Å². The predicted molar refractivity (Wildman–Crippen MR) is 101 cm³/mol. The Labute approximate surface area is 165 Å². The minimum Gasteiger partial charge on any atom is -0.330 e. The van der Waals surface area contributed by atoms with Crippen LogP contribution in [0.25, 0.3) is 22.5 Å². The lowest BCUT2D eigenvalue weighted by Gasteiger charge is -2.18. The number of hydrogen-bond acceptors (Lipinski definition) is 6. The lowest BCUT2D eigenvalue weighted by molar-refractivity contribution is -0.139. The summed E-state index contributed by atoms with van der Waals surface area (Å²) in [6, 6.07) is 9.07. The molecule has 0 fully saturated rings. The molecule has 0 saturated heterocycles. The van der Waals surface area contributed by atoms with Gasteiger partial charge in [0.05, 0.1) is 10.5 Å². The molecule has 0 aliphatic carbocycles. The van der Waals surface area contributed by atoms with Gasteiger partial charge in [-0.25, -0.2) is 13.5 Å². The van der Waals surface area contributed by atoms with Gasteiger partial charge in [0.25, 0.3) is 0 Å². The maximum absolute atomic E-state index is 13.6. The largest absolute Gasteiger partial charge is 0.417 e. The van der Waals surface area contributed by atoms with Crippen LogP contribution in [-0.2, 0) is 22.4 Å². The number of benzene rings is 2.